The molecule has 2 aromatic heterocycles. The van der Waals surface area contributed by atoms with Gasteiger partial charge in [0.1, 0.15) is 10.6 Å². The molecular weight excluding hydrogens is 494 g/mol. The standard InChI is InChI=1S/C27H27N3O4S2/c1-5-6-13-29-18-11-8-7-10-17(18)21(24(29)31)23-25(32)30-22(19-12-9-14-35-19)20(26(33)34-15(2)3)16(4)28-27(30)36-23/h7-12,14-15,22H,5-6,13H2,1-4H3/b23-21-/t22-/m1/s1. The zero-order chi connectivity index (χ0) is 25.6. The van der Waals surface area contributed by atoms with Gasteiger partial charge in [0.15, 0.2) is 4.80 Å². The first-order valence-electron chi connectivity index (χ1n) is 12.0. The highest BCUT2D eigenvalue weighted by Gasteiger charge is 2.37. The minimum atomic E-state index is -0.662. The van der Waals surface area contributed by atoms with Gasteiger partial charge in [-0.1, -0.05) is 48.9 Å². The number of hydrogen-bond donors (Lipinski definition) is 0. The van der Waals surface area contributed by atoms with Gasteiger partial charge in [-0.05, 0) is 44.7 Å². The van der Waals surface area contributed by atoms with Crippen LogP contribution in [0.15, 0.2) is 62.8 Å². The van der Waals surface area contributed by atoms with Gasteiger partial charge < -0.3 is 9.64 Å². The van der Waals surface area contributed by atoms with E-state index in [1.807, 2.05) is 41.8 Å². The first kappa shape index (κ1) is 24.4. The normalized spacial score (nSPS) is 18.4. The molecule has 7 nitrogen and oxygen atoms in total. The Morgan fingerprint density at radius 2 is 1.94 bits per heavy atom. The van der Waals surface area contributed by atoms with Crippen molar-refractivity contribution >= 4 is 45.8 Å². The number of thiazole rings is 1. The lowest BCUT2D eigenvalue weighted by Gasteiger charge is -2.24. The number of aromatic nitrogens is 1. The van der Waals surface area contributed by atoms with Crippen LogP contribution >= 0.6 is 22.7 Å². The maximum absolute atomic E-state index is 14.0. The third-order valence-electron chi connectivity index (χ3n) is 6.26. The Morgan fingerprint density at radius 1 is 1.17 bits per heavy atom. The van der Waals surface area contributed by atoms with E-state index in [1.54, 1.807) is 30.2 Å². The summed E-state index contributed by atoms with van der Waals surface area (Å²) in [5.74, 6) is -0.659. The Hall–Kier alpha value is -3.30. The number of benzene rings is 1. The molecule has 1 atom stereocenters. The lowest BCUT2D eigenvalue weighted by Crippen LogP contribution is -2.41. The number of amides is 1. The van der Waals surface area contributed by atoms with Crippen molar-refractivity contribution in [2.24, 2.45) is 4.99 Å². The summed E-state index contributed by atoms with van der Waals surface area (Å²) < 4.78 is 7.43. The topological polar surface area (TPSA) is 81.0 Å². The van der Waals surface area contributed by atoms with Crippen LogP contribution in [0.5, 0.6) is 0 Å². The van der Waals surface area contributed by atoms with Crippen LogP contribution in [0.4, 0.5) is 5.69 Å². The minimum absolute atomic E-state index is 0.169. The fraction of sp³-hybridized carbons (Fsp3) is 0.333. The molecule has 2 aliphatic heterocycles. The van der Waals surface area contributed by atoms with Crippen LogP contribution in [0.2, 0.25) is 0 Å². The van der Waals surface area contributed by atoms with Crippen LogP contribution in [0.1, 0.15) is 57.0 Å². The minimum Gasteiger partial charge on any atom is -0.459 e. The summed E-state index contributed by atoms with van der Waals surface area (Å²) in [6.07, 6.45) is 1.52. The molecule has 0 N–H and O–H groups in total. The monoisotopic (exact) mass is 521 g/mol. The Kier molecular flexibility index (Phi) is 6.53. The van der Waals surface area contributed by atoms with E-state index in [4.69, 9.17) is 4.74 Å². The molecule has 0 unspecified atom stereocenters. The summed E-state index contributed by atoms with van der Waals surface area (Å²) in [4.78, 5) is 48.5. The fourth-order valence-electron chi connectivity index (χ4n) is 4.66. The predicted octanol–water partition coefficient (Wildman–Crippen LogP) is 3.77. The molecule has 1 aromatic carbocycles. The van der Waals surface area contributed by atoms with E-state index in [0.29, 0.717) is 32.7 Å². The van der Waals surface area contributed by atoms with Crippen molar-refractivity contribution < 1.29 is 14.3 Å². The van der Waals surface area contributed by atoms with Crippen LogP contribution in [-0.2, 0) is 14.3 Å². The average molecular weight is 522 g/mol. The highest BCUT2D eigenvalue weighted by molar-refractivity contribution is 7.10. The molecule has 9 heteroatoms. The number of rotatable bonds is 6. The van der Waals surface area contributed by atoms with Crippen molar-refractivity contribution in [2.75, 3.05) is 11.4 Å². The maximum atomic E-state index is 14.0. The van der Waals surface area contributed by atoms with E-state index in [1.165, 1.54) is 22.7 Å². The lowest BCUT2D eigenvalue weighted by atomic mass is 10.0. The molecule has 36 heavy (non-hydrogen) atoms. The summed E-state index contributed by atoms with van der Waals surface area (Å²) in [6.45, 7) is 8.02. The molecule has 186 valence electrons. The summed E-state index contributed by atoms with van der Waals surface area (Å²) in [5, 5.41) is 1.91. The van der Waals surface area contributed by atoms with Gasteiger partial charge in [0.05, 0.1) is 28.6 Å². The SMILES string of the molecule is CCCCN1C(=O)/C(=c2\sc3n(c2=O)[C@H](c2cccs2)C(C(=O)OC(C)C)=C(C)N=3)c2ccccc21. The Morgan fingerprint density at radius 3 is 2.64 bits per heavy atom. The van der Waals surface area contributed by atoms with Crippen molar-refractivity contribution in [3.05, 3.63) is 83.2 Å². The highest BCUT2D eigenvalue weighted by atomic mass is 32.1. The van der Waals surface area contributed by atoms with Crippen LogP contribution in [0, 0.1) is 0 Å². The molecule has 3 aromatic rings. The quantitative estimate of drug-likeness (QED) is 0.463. The second kappa shape index (κ2) is 9.63. The van der Waals surface area contributed by atoms with Gasteiger partial charge in [-0.3, -0.25) is 14.2 Å². The molecule has 0 saturated heterocycles. The first-order valence-corrected chi connectivity index (χ1v) is 13.7. The number of unbranched alkanes of at least 4 members (excludes halogenated alkanes) is 1. The number of carbonyl (C=O) groups excluding carboxylic acids is 2. The molecule has 1 amide bonds. The number of anilines is 1. The predicted molar refractivity (Wildman–Crippen MR) is 142 cm³/mol. The molecule has 4 heterocycles. The number of esters is 1. The molecule has 2 aliphatic rings. The van der Waals surface area contributed by atoms with Crippen LogP contribution in [-0.4, -0.2) is 29.1 Å². The average Bonchev–Trinajstić information content (AvgIpc) is 3.54. The molecule has 0 saturated carbocycles. The van der Waals surface area contributed by atoms with Crippen LogP contribution in [0.25, 0.3) is 5.57 Å². The van der Waals surface area contributed by atoms with Gasteiger partial charge in [-0.15, -0.1) is 11.3 Å². The molecule has 0 radical (unpaired) electrons. The summed E-state index contributed by atoms with van der Waals surface area (Å²) in [5.41, 5.74) is 2.52. The number of ether oxygens (including phenoxy) is 1. The molecular formula is C27H27N3O4S2. The Labute approximate surface area is 216 Å². The van der Waals surface area contributed by atoms with E-state index in [2.05, 4.69) is 11.9 Å². The van der Waals surface area contributed by atoms with Crippen LogP contribution in [0.3, 0.4) is 0 Å². The zero-order valence-corrected chi connectivity index (χ0v) is 22.2. The van der Waals surface area contributed by atoms with Gasteiger partial charge in [0.2, 0.25) is 0 Å². The molecule has 0 bridgehead atoms. The number of nitrogens with zero attached hydrogens (tertiary/aromatic N) is 3. The van der Waals surface area contributed by atoms with Crippen molar-refractivity contribution in [2.45, 2.75) is 52.7 Å². The van der Waals surface area contributed by atoms with E-state index in [-0.39, 0.29) is 17.6 Å². The zero-order valence-electron chi connectivity index (χ0n) is 20.6. The third-order valence-corrected chi connectivity index (χ3v) is 8.24. The van der Waals surface area contributed by atoms with Crippen LogP contribution < -0.4 is 19.8 Å². The number of carbonyl (C=O) groups is 2. The van der Waals surface area contributed by atoms with Crippen molar-refractivity contribution in [3.63, 3.8) is 0 Å². The summed E-state index contributed by atoms with van der Waals surface area (Å²) >= 11 is 2.67. The largest absolute Gasteiger partial charge is 0.459 e. The molecule has 0 fully saturated rings. The third kappa shape index (κ3) is 3.96. The van der Waals surface area contributed by atoms with Gasteiger partial charge >= 0.3 is 5.97 Å². The number of para-hydroxylation sites is 1. The van der Waals surface area contributed by atoms with Crippen molar-refractivity contribution in [1.82, 2.24) is 4.57 Å². The first-order chi connectivity index (χ1) is 17.3. The number of hydrogen-bond acceptors (Lipinski definition) is 7. The van der Waals surface area contributed by atoms with E-state index >= 15 is 0 Å². The molecule has 0 spiro atoms. The maximum Gasteiger partial charge on any atom is 0.338 e. The van der Waals surface area contributed by atoms with Crippen molar-refractivity contribution in [3.8, 4) is 0 Å². The summed E-state index contributed by atoms with van der Waals surface area (Å²) in [7, 11) is 0. The van der Waals surface area contributed by atoms with E-state index in [9.17, 15) is 14.4 Å². The van der Waals surface area contributed by atoms with Gasteiger partial charge in [-0.2, -0.15) is 0 Å². The van der Waals surface area contributed by atoms with E-state index in [0.717, 1.165) is 29.0 Å². The molecule has 5 rings (SSSR count). The number of thiophene rings is 1. The second-order valence-corrected chi connectivity index (χ2v) is 11.0. The smallest absolute Gasteiger partial charge is 0.338 e. The second-order valence-electron chi connectivity index (χ2n) is 9.07. The van der Waals surface area contributed by atoms with Gasteiger partial charge in [0, 0.05) is 17.0 Å². The van der Waals surface area contributed by atoms with Crippen molar-refractivity contribution in [1.29, 1.82) is 0 Å². The number of allylic oxidation sites excluding steroid dienone is 1. The highest BCUT2D eigenvalue weighted by Crippen LogP contribution is 2.36. The summed E-state index contributed by atoms with van der Waals surface area (Å²) in [6, 6.07) is 10.7. The van der Waals surface area contributed by atoms with Gasteiger partial charge in [-0.25, -0.2) is 9.79 Å². The lowest BCUT2D eigenvalue weighted by molar-refractivity contribution is -0.143. The van der Waals surface area contributed by atoms with E-state index < -0.39 is 12.0 Å². The van der Waals surface area contributed by atoms with Gasteiger partial charge in [0.25, 0.3) is 11.5 Å². The number of fused-ring (bicyclic) bond motifs is 2. The fourth-order valence-corrected chi connectivity index (χ4v) is 6.62. The molecule has 0 aliphatic carbocycles. The Balaban J connectivity index is 1.76. The Bertz CT molecular complexity index is 1560.